The second-order valence-electron chi connectivity index (χ2n) is 5.87. The number of rotatable bonds is 3. The normalized spacial score (nSPS) is 12.3. The zero-order valence-corrected chi connectivity index (χ0v) is 12.9. The Morgan fingerprint density at radius 3 is 2.48 bits per heavy atom. The molecule has 0 saturated heterocycles. The van der Waals surface area contributed by atoms with Crippen molar-refractivity contribution < 1.29 is 0 Å². The molecule has 1 heteroatoms. The van der Waals surface area contributed by atoms with Crippen molar-refractivity contribution in [2.24, 2.45) is 0 Å². The monoisotopic (exact) mass is 275 g/mol. The number of para-hydroxylation sites is 1. The van der Waals surface area contributed by atoms with E-state index in [2.05, 4.69) is 86.1 Å². The van der Waals surface area contributed by atoms with Crippen LogP contribution in [0.1, 0.15) is 32.3 Å². The van der Waals surface area contributed by atoms with E-state index in [-0.39, 0.29) is 0 Å². The van der Waals surface area contributed by atoms with Crippen molar-refractivity contribution in [2.75, 3.05) is 0 Å². The quantitative estimate of drug-likeness (QED) is 0.540. The first kappa shape index (κ1) is 13.7. The summed E-state index contributed by atoms with van der Waals surface area (Å²) in [5, 5.41) is 1.30. The molecule has 1 aromatic heterocycles. The lowest BCUT2D eigenvalue weighted by Gasteiger charge is -2.10. The maximum absolute atomic E-state index is 2.31. The summed E-state index contributed by atoms with van der Waals surface area (Å²) in [7, 11) is 0. The fraction of sp³-hybridized carbons (Fsp3) is 0.200. The van der Waals surface area contributed by atoms with E-state index >= 15 is 0 Å². The number of nitrogens with zero attached hydrogens (tertiary/aromatic N) is 1. The molecule has 0 saturated carbocycles. The zero-order valence-electron chi connectivity index (χ0n) is 12.9. The van der Waals surface area contributed by atoms with Crippen molar-refractivity contribution in [3.05, 3.63) is 78.0 Å². The summed E-state index contributed by atoms with van der Waals surface area (Å²) in [6, 6.07) is 19.4. The van der Waals surface area contributed by atoms with E-state index in [1.165, 1.54) is 27.7 Å². The van der Waals surface area contributed by atoms with Gasteiger partial charge in [-0.1, -0.05) is 42.8 Å². The molecule has 1 unspecified atom stereocenters. The molecule has 0 fully saturated rings. The second-order valence-corrected chi connectivity index (χ2v) is 5.87. The average molecular weight is 275 g/mol. The lowest BCUT2D eigenvalue weighted by atomic mass is 9.98. The Kier molecular flexibility index (Phi) is 3.66. The van der Waals surface area contributed by atoms with E-state index in [1.54, 1.807) is 0 Å². The molecule has 3 rings (SSSR count). The summed E-state index contributed by atoms with van der Waals surface area (Å²) in [6.07, 6.45) is 4.46. The minimum Gasteiger partial charge on any atom is -0.317 e. The first-order valence-corrected chi connectivity index (χ1v) is 7.46. The van der Waals surface area contributed by atoms with Gasteiger partial charge in [0.2, 0.25) is 0 Å². The lowest BCUT2D eigenvalue weighted by molar-refractivity contribution is 0.954. The highest BCUT2D eigenvalue weighted by Crippen LogP contribution is 2.26. The van der Waals surface area contributed by atoms with Crippen LogP contribution in [0.2, 0.25) is 0 Å². The van der Waals surface area contributed by atoms with Gasteiger partial charge < -0.3 is 4.57 Å². The standard InChI is InChI=1S/C20H21N/c1-15(2)13-16(3)17-9-10-20-18(14-17)11-12-21(20)19-7-5-4-6-8-19/h4-14,16H,1-3H3. The van der Waals surface area contributed by atoms with Gasteiger partial charge in [0, 0.05) is 17.3 Å². The number of benzene rings is 2. The Labute approximate surface area is 126 Å². The Hall–Kier alpha value is -2.28. The van der Waals surface area contributed by atoms with E-state index in [0.717, 1.165) is 0 Å². The second kappa shape index (κ2) is 5.61. The summed E-state index contributed by atoms with van der Waals surface area (Å²) in [5.74, 6) is 0.458. The third kappa shape index (κ3) is 2.78. The highest BCUT2D eigenvalue weighted by Gasteiger charge is 2.07. The first-order chi connectivity index (χ1) is 10.1. The zero-order chi connectivity index (χ0) is 14.8. The van der Waals surface area contributed by atoms with Crippen molar-refractivity contribution >= 4 is 10.9 Å². The average Bonchev–Trinajstić information content (AvgIpc) is 2.90. The molecule has 1 atom stereocenters. The number of hydrogen-bond acceptors (Lipinski definition) is 0. The molecule has 0 aliphatic rings. The third-order valence-corrected chi connectivity index (χ3v) is 3.86. The highest BCUT2D eigenvalue weighted by molar-refractivity contribution is 5.82. The molecule has 0 spiro atoms. The van der Waals surface area contributed by atoms with Crippen LogP contribution in [0.15, 0.2) is 72.4 Å². The highest BCUT2D eigenvalue weighted by atomic mass is 15.0. The van der Waals surface area contributed by atoms with Crippen LogP contribution in [0.4, 0.5) is 0 Å². The summed E-state index contributed by atoms with van der Waals surface area (Å²) in [4.78, 5) is 0. The number of aromatic nitrogens is 1. The van der Waals surface area contributed by atoms with Crippen molar-refractivity contribution in [3.8, 4) is 5.69 Å². The topological polar surface area (TPSA) is 4.93 Å². The van der Waals surface area contributed by atoms with Crippen molar-refractivity contribution in [2.45, 2.75) is 26.7 Å². The van der Waals surface area contributed by atoms with Gasteiger partial charge in [-0.3, -0.25) is 0 Å². The maximum Gasteiger partial charge on any atom is 0.0528 e. The summed E-state index contributed by atoms with van der Waals surface area (Å²) in [6.45, 7) is 6.56. The Balaban J connectivity index is 2.04. The van der Waals surface area contributed by atoms with E-state index in [9.17, 15) is 0 Å². The molecule has 0 N–H and O–H groups in total. The SMILES string of the molecule is CC(C)=CC(C)c1ccc2c(ccn2-c2ccccc2)c1. The first-order valence-electron chi connectivity index (χ1n) is 7.46. The molecular formula is C20H21N. The predicted molar refractivity (Wildman–Crippen MR) is 91.1 cm³/mol. The van der Waals surface area contributed by atoms with Gasteiger partial charge in [0.1, 0.15) is 0 Å². The van der Waals surface area contributed by atoms with Crippen molar-refractivity contribution in [1.82, 2.24) is 4.57 Å². The lowest BCUT2D eigenvalue weighted by Crippen LogP contribution is -1.93. The fourth-order valence-electron chi connectivity index (χ4n) is 2.85. The van der Waals surface area contributed by atoms with Gasteiger partial charge in [-0.05, 0) is 55.7 Å². The van der Waals surface area contributed by atoms with Gasteiger partial charge in [0.15, 0.2) is 0 Å². The Morgan fingerprint density at radius 2 is 1.76 bits per heavy atom. The van der Waals surface area contributed by atoms with Crippen molar-refractivity contribution in [3.63, 3.8) is 0 Å². The summed E-state index contributed by atoms with van der Waals surface area (Å²) < 4.78 is 2.24. The van der Waals surface area contributed by atoms with E-state index in [4.69, 9.17) is 0 Å². The van der Waals surface area contributed by atoms with Gasteiger partial charge in [0.25, 0.3) is 0 Å². The van der Waals surface area contributed by atoms with Gasteiger partial charge in [-0.15, -0.1) is 0 Å². The fourth-order valence-corrected chi connectivity index (χ4v) is 2.85. The molecule has 3 aromatic rings. The van der Waals surface area contributed by atoms with Crippen molar-refractivity contribution in [1.29, 1.82) is 0 Å². The minimum absolute atomic E-state index is 0.458. The number of allylic oxidation sites excluding steroid dienone is 2. The van der Waals surface area contributed by atoms with E-state index in [1.807, 2.05) is 6.07 Å². The molecule has 0 bridgehead atoms. The molecule has 106 valence electrons. The third-order valence-electron chi connectivity index (χ3n) is 3.86. The van der Waals surface area contributed by atoms with Gasteiger partial charge in [-0.2, -0.15) is 0 Å². The molecule has 1 nitrogen and oxygen atoms in total. The Bertz CT molecular complexity index is 774. The van der Waals surface area contributed by atoms with Gasteiger partial charge in [-0.25, -0.2) is 0 Å². The predicted octanol–water partition coefficient (Wildman–Crippen LogP) is 5.70. The molecule has 0 amide bonds. The van der Waals surface area contributed by atoms with E-state index in [0.29, 0.717) is 5.92 Å². The van der Waals surface area contributed by atoms with Crippen LogP contribution < -0.4 is 0 Å². The maximum atomic E-state index is 2.31. The molecule has 0 radical (unpaired) electrons. The summed E-state index contributed by atoms with van der Waals surface area (Å²) >= 11 is 0. The largest absolute Gasteiger partial charge is 0.317 e. The molecule has 1 heterocycles. The molecule has 21 heavy (non-hydrogen) atoms. The van der Waals surface area contributed by atoms with Crippen LogP contribution >= 0.6 is 0 Å². The number of fused-ring (bicyclic) bond motifs is 1. The van der Waals surface area contributed by atoms with Crippen LogP contribution in [-0.4, -0.2) is 4.57 Å². The summed E-state index contributed by atoms with van der Waals surface area (Å²) in [5.41, 5.74) is 5.20. The minimum atomic E-state index is 0.458. The molecule has 0 aliphatic carbocycles. The van der Waals surface area contributed by atoms with Gasteiger partial charge in [0.05, 0.1) is 5.52 Å². The van der Waals surface area contributed by atoms with Crippen LogP contribution in [0.5, 0.6) is 0 Å². The van der Waals surface area contributed by atoms with Crippen LogP contribution in [0.25, 0.3) is 16.6 Å². The van der Waals surface area contributed by atoms with E-state index < -0.39 is 0 Å². The molecule has 2 aromatic carbocycles. The number of hydrogen-bond donors (Lipinski definition) is 0. The van der Waals surface area contributed by atoms with Gasteiger partial charge >= 0.3 is 0 Å². The van der Waals surface area contributed by atoms with Crippen LogP contribution in [0.3, 0.4) is 0 Å². The van der Waals surface area contributed by atoms with Crippen LogP contribution in [0, 0.1) is 0 Å². The molecule has 0 aliphatic heterocycles. The Morgan fingerprint density at radius 1 is 1.00 bits per heavy atom. The van der Waals surface area contributed by atoms with Crippen LogP contribution in [-0.2, 0) is 0 Å². The molecular weight excluding hydrogens is 254 g/mol. The smallest absolute Gasteiger partial charge is 0.0528 e.